The third-order valence-corrected chi connectivity index (χ3v) is 8.19. The van der Waals surface area contributed by atoms with E-state index in [1.807, 2.05) is 12.1 Å². The van der Waals surface area contributed by atoms with Crippen molar-refractivity contribution >= 4 is 44.6 Å². The molecule has 7 rings (SSSR count). The van der Waals surface area contributed by atoms with Crippen molar-refractivity contribution in [1.29, 1.82) is 0 Å². The molecule has 0 spiro atoms. The van der Waals surface area contributed by atoms with Crippen LogP contribution in [0.4, 0.5) is 17.1 Å². The first-order valence-electron chi connectivity index (χ1n) is 15.1. The highest BCUT2D eigenvalue weighted by atomic mass is 16.3. The molecule has 0 N–H and O–H groups in total. The van der Waals surface area contributed by atoms with Crippen molar-refractivity contribution in [3.8, 4) is 22.3 Å². The van der Waals surface area contributed by atoms with Gasteiger partial charge in [-0.25, -0.2) is 0 Å². The summed E-state index contributed by atoms with van der Waals surface area (Å²) in [5, 5.41) is 2.28. The van der Waals surface area contributed by atoms with Crippen LogP contribution in [0.3, 0.4) is 0 Å². The fraction of sp³-hybridized carbons (Fsp3) is 0.0476. The molecular formula is C42H33NO. The molecule has 0 saturated carbocycles. The maximum atomic E-state index is 6.34. The average molecular weight is 568 g/mol. The van der Waals surface area contributed by atoms with Gasteiger partial charge in [0.05, 0.1) is 0 Å². The predicted molar refractivity (Wildman–Crippen MR) is 188 cm³/mol. The zero-order chi connectivity index (χ0) is 29.9. The molecule has 7 aromatic rings. The number of para-hydroxylation sites is 2. The van der Waals surface area contributed by atoms with Crippen molar-refractivity contribution in [3.63, 3.8) is 0 Å². The summed E-state index contributed by atoms with van der Waals surface area (Å²) in [6, 6.07) is 51.6. The third-order valence-electron chi connectivity index (χ3n) is 8.19. The topological polar surface area (TPSA) is 16.4 Å². The van der Waals surface area contributed by atoms with E-state index in [0.29, 0.717) is 0 Å². The minimum absolute atomic E-state index is 0.913. The summed E-state index contributed by atoms with van der Waals surface area (Å²) in [5.74, 6) is 0. The van der Waals surface area contributed by atoms with Gasteiger partial charge in [-0.05, 0) is 84.1 Å². The van der Waals surface area contributed by atoms with Crippen molar-refractivity contribution in [1.82, 2.24) is 0 Å². The van der Waals surface area contributed by atoms with E-state index in [0.717, 1.165) is 50.1 Å². The van der Waals surface area contributed by atoms with Crippen LogP contribution in [0.5, 0.6) is 0 Å². The van der Waals surface area contributed by atoms with Crippen LogP contribution in [0.2, 0.25) is 0 Å². The normalized spacial score (nSPS) is 11.9. The second-order valence-corrected chi connectivity index (χ2v) is 10.9. The van der Waals surface area contributed by atoms with Crippen LogP contribution in [0.1, 0.15) is 19.4 Å². The first kappa shape index (κ1) is 27.2. The number of nitrogens with zero attached hydrogens (tertiary/aromatic N) is 1. The molecule has 0 amide bonds. The molecular weight excluding hydrogens is 534 g/mol. The molecule has 2 nitrogen and oxygen atoms in total. The number of hydrogen-bond donors (Lipinski definition) is 0. The third kappa shape index (κ3) is 5.12. The van der Waals surface area contributed by atoms with E-state index in [9.17, 15) is 0 Å². The van der Waals surface area contributed by atoms with Gasteiger partial charge in [-0.15, -0.1) is 0 Å². The van der Waals surface area contributed by atoms with Gasteiger partial charge in [0.15, 0.2) is 0 Å². The monoisotopic (exact) mass is 567 g/mol. The molecule has 0 aliphatic heterocycles. The van der Waals surface area contributed by atoms with E-state index in [4.69, 9.17) is 4.42 Å². The molecule has 0 bridgehead atoms. The zero-order valence-electron chi connectivity index (χ0n) is 24.9. The summed E-state index contributed by atoms with van der Waals surface area (Å²) < 4.78 is 6.34. The van der Waals surface area contributed by atoms with Crippen molar-refractivity contribution < 1.29 is 4.42 Å². The first-order chi connectivity index (χ1) is 21.7. The number of anilines is 3. The Hall–Kier alpha value is -5.60. The summed E-state index contributed by atoms with van der Waals surface area (Å²) in [6.45, 7) is 4.13. The molecule has 0 unspecified atom stereocenters. The summed E-state index contributed by atoms with van der Waals surface area (Å²) in [5.41, 5.74) is 12.2. The molecule has 1 aromatic heterocycles. The number of allylic oxidation sites excluding steroid dienone is 4. The zero-order valence-corrected chi connectivity index (χ0v) is 24.9. The van der Waals surface area contributed by atoms with Gasteiger partial charge in [-0.3, -0.25) is 0 Å². The number of fused-ring (bicyclic) bond motifs is 3. The largest absolute Gasteiger partial charge is 0.455 e. The van der Waals surface area contributed by atoms with Crippen LogP contribution in [0, 0.1) is 0 Å². The van der Waals surface area contributed by atoms with Gasteiger partial charge in [0.1, 0.15) is 11.2 Å². The van der Waals surface area contributed by atoms with E-state index in [1.165, 1.54) is 22.3 Å². The van der Waals surface area contributed by atoms with Crippen LogP contribution in [-0.4, -0.2) is 0 Å². The van der Waals surface area contributed by atoms with Gasteiger partial charge in [0, 0.05) is 33.4 Å². The Morgan fingerprint density at radius 2 is 1.09 bits per heavy atom. The fourth-order valence-corrected chi connectivity index (χ4v) is 5.99. The molecule has 0 radical (unpaired) electrons. The lowest BCUT2D eigenvalue weighted by molar-refractivity contribution is 0.670. The van der Waals surface area contributed by atoms with Gasteiger partial charge in [-0.2, -0.15) is 0 Å². The molecule has 0 fully saturated rings. The van der Waals surface area contributed by atoms with Gasteiger partial charge < -0.3 is 9.32 Å². The summed E-state index contributed by atoms with van der Waals surface area (Å²) in [6.07, 6.45) is 6.38. The van der Waals surface area contributed by atoms with Crippen molar-refractivity contribution in [3.05, 3.63) is 169 Å². The van der Waals surface area contributed by atoms with Crippen LogP contribution in [0.15, 0.2) is 168 Å². The standard InChI is InChI=1S/C42H33NO/c1-3-11-30(4-2)32-18-24-35(25-19-32)43(36-26-20-33(21-27-36)31-12-6-5-7-13-31)37-28-22-34(23-29-37)38-15-10-16-40-39-14-8-9-17-41(39)44-42(38)40/h3-29H,1-2H3/b11-3-,30-4+. The molecule has 44 heavy (non-hydrogen) atoms. The maximum Gasteiger partial charge on any atom is 0.143 e. The van der Waals surface area contributed by atoms with E-state index in [-0.39, 0.29) is 0 Å². The molecule has 0 aliphatic rings. The highest BCUT2D eigenvalue weighted by Crippen LogP contribution is 2.39. The van der Waals surface area contributed by atoms with Crippen molar-refractivity contribution in [2.24, 2.45) is 0 Å². The second-order valence-electron chi connectivity index (χ2n) is 10.9. The van der Waals surface area contributed by atoms with Crippen LogP contribution >= 0.6 is 0 Å². The SMILES string of the molecule is C/C=C\C(=C/C)c1ccc(N(c2ccc(-c3ccccc3)cc2)c2ccc(-c3cccc4c3oc3ccccc34)cc2)cc1. The highest BCUT2D eigenvalue weighted by molar-refractivity contribution is 6.09. The lowest BCUT2D eigenvalue weighted by atomic mass is 10.0. The second kappa shape index (κ2) is 11.9. The average Bonchev–Trinajstić information content (AvgIpc) is 3.48. The van der Waals surface area contributed by atoms with E-state index >= 15 is 0 Å². The number of furan rings is 1. The quantitative estimate of drug-likeness (QED) is 0.178. The fourth-order valence-electron chi connectivity index (χ4n) is 5.99. The minimum atomic E-state index is 0.913. The summed E-state index contributed by atoms with van der Waals surface area (Å²) >= 11 is 0. The van der Waals surface area contributed by atoms with Gasteiger partial charge in [0.2, 0.25) is 0 Å². The molecule has 0 saturated heterocycles. The Kier molecular flexibility index (Phi) is 7.40. The molecule has 6 aromatic carbocycles. The summed E-state index contributed by atoms with van der Waals surface area (Å²) in [4.78, 5) is 2.31. The predicted octanol–water partition coefficient (Wildman–Crippen LogP) is 12.4. The lowest BCUT2D eigenvalue weighted by Gasteiger charge is -2.26. The van der Waals surface area contributed by atoms with Crippen LogP contribution < -0.4 is 4.90 Å². The van der Waals surface area contributed by atoms with Crippen LogP contribution in [0.25, 0.3) is 49.8 Å². The van der Waals surface area contributed by atoms with Crippen LogP contribution in [-0.2, 0) is 0 Å². The lowest BCUT2D eigenvalue weighted by Crippen LogP contribution is -2.09. The van der Waals surface area contributed by atoms with E-state index in [1.54, 1.807) is 0 Å². The minimum Gasteiger partial charge on any atom is -0.455 e. The molecule has 212 valence electrons. The van der Waals surface area contributed by atoms with Gasteiger partial charge in [-0.1, -0.05) is 121 Å². The Labute approximate surface area is 258 Å². The molecule has 2 heteroatoms. The van der Waals surface area contributed by atoms with Gasteiger partial charge in [0.25, 0.3) is 0 Å². The number of rotatable bonds is 7. The van der Waals surface area contributed by atoms with Crippen molar-refractivity contribution in [2.45, 2.75) is 13.8 Å². The maximum absolute atomic E-state index is 6.34. The van der Waals surface area contributed by atoms with E-state index in [2.05, 4.69) is 170 Å². The highest BCUT2D eigenvalue weighted by Gasteiger charge is 2.16. The van der Waals surface area contributed by atoms with Crippen molar-refractivity contribution in [2.75, 3.05) is 4.90 Å². The Morgan fingerprint density at radius 1 is 0.523 bits per heavy atom. The smallest absolute Gasteiger partial charge is 0.143 e. The van der Waals surface area contributed by atoms with E-state index < -0.39 is 0 Å². The van der Waals surface area contributed by atoms with Gasteiger partial charge >= 0.3 is 0 Å². The number of benzene rings is 6. The first-order valence-corrected chi connectivity index (χ1v) is 15.1. The molecule has 0 atom stereocenters. The Balaban J connectivity index is 1.29. The number of hydrogen-bond acceptors (Lipinski definition) is 2. The Bertz CT molecular complexity index is 2100. The molecule has 1 heterocycles. The summed E-state index contributed by atoms with van der Waals surface area (Å²) in [7, 11) is 0. The molecule has 0 aliphatic carbocycles. The Morgan fingerprint density at radius 3 is 1.75 bits per heavy atom.